The lowest BCUT2D eigenvalue weighted by Gasteiger charge is -2.11. The molecule has 0 spiro atoms. The zero-order valence-electron chi connectivity index (χ0n) is 25.0. The lowest BCUT2D eigenvalue weighted by Crippen LogP contribution is -1.96. The Morgan fingerprint density at radius 3 is 1.87 bits per heavy atom. The van der Waals surface area contributed by atoms with Crippen LogP contribution in [0.15, 0.2) is 146 Å². The van der Waals surface area contributed by atoms with E-state index in [0.29, 0.717) is 0 Å². The fraction of sp³-hybridized carbons (Fsp3) is 0. The van der Waals surface area contributed by atoms with Gasteiger partial charge < -0.3 is 9.13 Å². The van der Waals surface area contributed by atoms with Crippen molar-refractivity contribution in [2.75, 3.05) is 0 Å². The summed E-state index contributed by atoms with van der Waals surface area (Å²) < 4.78 is 7.04. The molecular formula is C41H24N6. The molecule has 0 aliphatic rings. The van der Waals surface area contributed by atoms with E-state index in [0.717, 1.165) is 60.8 Å². The van der Waals surface area contributed by atoms with E-state index in [9.17, 15) is 0 Å². The first-order chi connectivity index (χ1) is 23.3. The minimum atomic E-state index is 0.910. The number of pyridine rings is 3. The van der Waals surface area contributed by atoms with E-state index in [1.54, 1.807) is 0 Å². The van der Waals surface area contributed by atoms with Gasteiger partial charge in [0, 0.05) is 56.1 Å². The minimum absolute atomic E-state index is 0.910. The molecule has 0 saturated carbocycles. The topological polar surface area (TPSA) is 52.9 Å². The number of para-hydroxylation sites is 3. The molecule has 0 saturated heterocycles. The fourth-order valence-electron chi connectivity index (χ4n) is 7.86. The SMILES string of the molecule is c1ccc(-n2c3ccccc3c3cc4c5c6c(ccc5n(-c5ccccc5)c4cc32)c2ccncc2n2c3cnccc3nc62)cc1. The van der Waals surface area contributed by atoms with Crippen LogP contribution in [0.5, 0.6) is 0 Å². The van der Waals surface area contributed by atoms with E-state index in [2.05, 4.69) is 139 Å². The van der Waals surface area contributed by atoms with Crippen LogP contribution in [0, 0.1) is 0 Å². The van der Waals surface area contributed by atoms with Gasteiger partial charge in [-0.3, -0.25) is 14.4 Å². The van der Waals surface area contributed by atoms with Gasteiger partial charge in [0.15, 0.2) is 0 Å². The Balaban J connectivity index is 1.43. The monoisotopic (exact) mass is 600 g/mol. The quantitative estimate of drug-likeness (QED) is 0.186. The van der Waals surface area contributed by atoms with Crippen molar-refractivity contribution < 1.29 is 0 Å². The zero-order chi connectivity index (χ0) is 30.6. The molecule has 11 aromatic rings. The molecule has 218 valence electrons. The van der Waals surface area contributed by atoms with E-state index in [1.165, 1.54) is 32.6 Å². The Labute approximate surface area is 267 Å². The molecule has 0 aliphatic carbocycles. The molecule has 6 heterocycles. The van der Waals surface area contributed by atoms with Crippen molar-refractivity contribution in [3.8, 4) is 11.4 Å². The van der Waals surface area contributed by atoms with Gasteiger partial charge in [0.2, 0.25) is 0 Å². The maximum absolute atomic E-state index is 5.27. The van der Waals surface area contributed by atoms with Gasteiger partial charge in [0.1, 0.15) is 5.65 Å². The lowest BCUT2D eigenvalue weighted by atomic mass is 10.0. The molecule has 5 aromatic carbocycles. The molecule has 0 amide bonds. The Bertz CT molecular complexity index is 3060. The van der Waals surface area contributed by atoms with Crippen LogP contribution in [0.3, 0.4) is 0 Å². The third-order valence-corrected chi connectivity index (χ3v) is 9.76. The number of aromatic nitrogens is 6. The second-order valence-corrected chi connectivity index (χ2v) is 12.2. The lowest BCUT2D eigenvalue weighted by molar-refractivity contribution is 1.16. The van der Waals surface area contributed by atoms with Gasteiger partial charge in [-0.15, -0.1) is 0 Å². The van der Waals surface area contributed by atoms with Crippen molar-refractivity contribution in [3.63, 3.8) is 0 Å². The van der Waals surface area contributed by atoms with Crippen LogP contribution in [0.4, 0.5) is 0 Å². The third-order valence-electron chi connectivity index (χ3n) is 9.76. The van der Waals surface area contributed by atoms with Crippen LogP contribution in [0.1, 0.15) is 0 Å². The molecular weight excluding hydrogens is 576 g/mol. The van der Waals surface area contributed by atoms with Crippen LogP contribution >= 0.6 is 0 Å². The molecule has 0 bridgehead atoms. The Kier molecular flexibility index (Phi) is 4.75. The van der Waals surface area contributed by atoms with Crippen molar-refractivity contribution in [2.45, 2.75) is 0 Å². The number of imidazole rings is 1. The normalized spacial score (nSPS) is 12.3. The second-order valence-electron chi connectivity index (χ2n) is 12.2. The van der Waals surface area contributed by atoms with Crippen LogP contribution < -0.4 is 0 Å². The van der Waals surface area contributed by atoms with E-state index in [4.69, 9.17) is 4.98 Å². The third kappa shape index (κ3) is 3.21. The highest BCUT2D eigenvalue weighted by Crippen LogP contribution is 2.44. The number of nitrogens with zero attached hydrogens (tertiary/aromatic N) is 6. The van der Waals surface area contributed by atoms with Crippen molar-refractivity contribution in [2.24, 2.45) is 0 Å². The Morgan fingerprint density at radius 1 is 0.404 bits per heavy atom. The number of rotatable bonds is 2. The molecule has 47 heavy (non-hydrogen) atoms. The van der Waals surface area contributed by atoms with Gasteiger partial charge in [0.05, 0.1) is 51.0 Å². The first kappa shape index (κ1) is 24.8. The second kappa shape index (κ2) is 9.02. The highest BCUT2D eigenvalue weighted by Gasteiger charge is 2.23. The number of hydrogen-bond donors (Lipinski definition) is 0. The predicted molar refractivity (Wildman–Crippen MR) is 192 cm³/mol. The summed E-state index contributed by atoms with van der Waals surface area (Å²) in [5.41, 5.74) is 10.7. The van der Waals surface area contributed by atoms with Gasteiger partial charge in [0.25, 0.3) is 0 Å². The van der Waals surface area contributed by atoms with Crippen LogP contribution in [0.25, 0.3) is 93.3 Å². The number of benzene rings is 5. The van der Waals surface area contributed by atoms with Crippen molar-refractivity contribution >= 4 is 82.0 Å². The average molecular weight is 601 g/mol. The maximum atomic E-state index is 5.27. The first-order valence-corrected chi connectivity index (χ1v) is 15.8. The molecule has 0 N–H and O–H groups in total. The number of hydrogen-bond acceptors (Lipinski definition) is 3. The van der Waals surface area contributed by atoms with Crippen molar-refractivity contribution in [1.29, 1.82) is 0 Å². The van der Waals surface area contributed by atoms with Crippen molar-refractivity contribution in [1.82, 2.24) is 28.5 Å². The first-order valence-electron chi connectivity index (χ1n) is 15.8. The fourth-order valence-corrected chi connectivity index (χ4v) is 7.86. The van der Waals surface area contributed by atoms with E-state index in [1.807, 2.05) is 30.9 Å². The summed E-state index contributed by atoms with van der Waals surface area (Å²) in [5, 5.41) is 8.25. The highest BCUT2D eigenvalue weighted by atomic mass is 15.0. The largest absolute Gasteiger partial charge is 0.309 e. The van der Waals surface area contributed by atoms with Gasteiger partial charge in [-0.05, 0) is 66.0 Å². The van der Waals surface area contributed by atoms with Gasteiger partial charge in [-0.25, -0.2) is 4.98 Å². The van der Waals surface area contributed by atoms with Crippen LogP contribution in [-0.4, -0.2) is 28.5 Å². The summed E-state index contributed by atoms with van der Waals surface area (Å²) in [6.07, 6.45) is 7.54. The van der Waals surface area contributed by atoms with Gasteiger partial charge in [-0.1, -0.05) is 60.7 Å². The summed E-state index contributed by atoms with van der Waals surface area (Å²) in [5.74, 6) is 0. The summed E-state index contributed by atoms with van der Waals surface area (Å²) in [6, 6.07) is 43.5. The standard InChI is InChI=1S/C41H24N6/c1-3-9-25(10-4-1)45-33-14-8-7-13-27(33)30-21-31-36(22-35(30)45)46(26-11-5-2-6-12-26)34-16-15-29-28-17-19-42-23-37(28)47-38-24-43-20-18-32(38)44-41(47)40(29)39(31)34/h1-24H. The molecule has 6 nitrogen and oxygen atoms in total. The summed E-state index contributed by atoms with van der Waals surface area (Å²) in [7, 11) is 0. The van der Waals surface area contributed by atoms with Gasteiger partial charge in [-0.2, -0.15) is 0 Å². The molecule has 0 atom stereocenters. The Hall–Kier alpha value is -6.53. The minimum Gasteiger partial charge on any atom is -0.309 e. The highest BCUT2D eigenvalue weighted by molar-refractivity contribution is 6.31. The molecule has 0 radical (unpaired) electrons. The molecule has 6 heteroatoms. The van der Waals surface area contributed by atoms with Crippen LogP contribution in [-0.2, 0) is 0 Å². The Morgan fingerprint density at radius 2 is 1.06 bits per heavy atom. The predicted octanol–water partition coefficient (Wildman–Crippen LogP) is 9.78. The zero-order valence-corrected chi connectivity index (χ0v) is 25.0. The molecule has 0 aliphatic heterocycles. The maximum Gasteiger partial charge on any atom is 0.147 e. The summed E-state index contributed by atoms with van der Waals surface area (Å²) in [4.78, 5) is 14.3. The summed E-state index contributed by atoms with van der Waals surface area (Å²) >= 11 is 0. The summed E-state index contributed by atoms with van der Waals surface area (Å²) in [6.45, 7) is 0. The molecule has 11 rings (SSSR count). The van der Waals surface area contributed by atoms with E-state index < -0.39 is 0 Å². The van der Waals surface area contributed by atoms with Crippen molar-refractivity contribution in [3.05, 3.63) is 146 Å². The number of fused-ring (bicyclic) bond motifs is 15. The van der Waals surface area contributed by atoms with E-state index in [-0.39, 0.29) is 0 Å². The molecule has 0 unspecified atom stereocenters. The van der Waals surface area contributed by atoms with E-state index >= 15 is 0 Å². The molecule has 6 aromatic heterocycles. The van der Waals surface area contributed by atoms with Crippen LogP contribution in [0.2, 0.25) is 0 Å². The average Bonchev–Trinajstić information content (AvgIpc) is 3.79. The van der Waals surface area contributed by atoms with Gasteiger partial charge >= 0.3 is 0 Å². The molecule has 0 fully saturated rings. The smallest absolute Gasteiger partial charge is 0.147 e.